The zero-order valence-electron chi connectivity index (χ0n) is 15.5. The smallest absolute Gasteiger partial charge is 0.311 e. The number of nitrogens with zero attached hydrogens (tertiary/aromatic N) is 1. The van der Waals surface area contributed by atoms with Crippen molar-refractivity contribution in [2.24, 2.45) is 5.92 Å². The molecule has 6 nitrogen and oxygen atoms in total. The molecule has 1 atom stereocenters. The Morgan fingerprint density at radius 1 is 1.21 bits per heavy atom. The lowest BCUT2D eigenvalue weighted by molar-refractivity contribution is -0.151. The van der Waals surface area contributed by atoms with E-state index in [4.69, 9.17) is 16.3 Å². The number of likely N-dealkylation sites (tertiary alicyclic amines) is 1. The van der Waals surface area contributed by atoms with E-state index in [1.165, 1.54) is 0 Å². The zero-order valence-corrected chi connectivity index (χ0v) is 16.2. The van der Waals surface area contributed by atoms with Gasteiger partial charge >= 0.3 is 5.97 Å². The van der Waals surface area contributed by atoms with Crippen molar-refractivity contribution in [2.75, 3.05) is 18.5 Å². The van der Waals surface area contributed by atoms with Gasteiger partial charge in [-0.2, -0.15) is 0 Å². The van der Waals surface area contributed by atoms with Gasteiger partial charge in [0.25, 0.3) is 5.91 Å². The van der Waals surface area contributed by atoms with Gasteiger partial charge in [-0.05, 0) is 30.2 Å². The average molecular weight is 401 g/mol. The Kier molecular flexibility index (Phi) is 6.31. The number of rotatable bonds is 6. The third kappa shape index (κ3) is 5.10. The van der Waals surface area contributed by atoms with Crippen molar-refractivity contribution in [2.45, 2.75) is 19.9 Å². The van der Waals surface area contributed by atoms with Crippen molar-refractivity contribution < 1.29 is 19.1 Å². The van der Waals surface area contributed by atoms with Crippen molar-refractivity contribution in [3.05, 3.63) is 64.7 Å². The van der Waals surface area contributed by atoms with Crippen LogP contribution in [0, 0.1) is 12.8 Å². The summed E-state index contributed by atoms with van der Waals surface area (Å²) in [6.45, 7) is 2.20. The molecule has 0 saturated carbocycles. The summed E-state index contributed by atoms with van der Waals surface area (Å²) in [5.74, 6) is -1.65. The summed E-state index contributed by atoms with van der Waals surface area (Å²) in [5.41, 5.74) is 2.43. The molecule has 28 heavy (non-hydrogen) atoms. The minimum absolute atomic E-state index is 0.0930. The Hall–Kier alpha value is -2.86. The summed E-state index contributed by atoms with van der Waals surface area (Å²) in [7, 11) is 0. The van der Waals surface area contributed by atoms with Gasteiger partial charge in [0, 0.05) is 30.2 Å². The molecule has 1 aliphatic heterocycles. The molecule has 1 fully saturated rings. The van der Waals surface area contributed by atoms with Crippen LogP contribution in [0.4, 0.5) is 5.69 Å². The van der Waals surface area contributed by atoms with Gasteiger partial charge < -0.3 is 15.0 Å². The molecule has 1 heterocycles. The largest absolute Gasteiger partial charge is 0.455 e. The molecule has 1 N–H and O–H groups in total. The molecule has 0 bridgehead atoms. The SMILES string of the molecule is Cc1ccc(NC(=O)COC(=O)[C@H]2CC(=O)N(Cc3ccccc3)C2)cc1Cl. The Morgan fingerprint density at radius 2 is 1.96 bits per heavy atom. The van der Waals surface area contributed by atoms with Gasteiger partial charge in [0.05, 0.1) is 5.92 Å². The molecule has 0 radical (unpaired) electrons. The first-order chi connectivity index (χ1) is 13.4. The maximum atomic E-state index is 12.2. The lowest BCUT2D eigenvalue weighted by atomic mass is 10.1. The number of amides is 2. The normalized spacial score (nSPS) is 16.1. The van der Waals surface area contributed by atoms with E-state index in [9.17, 15) is 14.4 Å². The Morgan fingerprint density at radius 3 is 2.68 bits per heavy atom. The molecule has 7 heteroatoms. The van der Waals surface area contributed by atoms with Crippen molar-refractivity contribution in [1.82, 2.24) is 4.90 Å². The summed E-state index contributed by atoms with van der Waals surface area (Å²) in [6, 6.07) is 14.7. The lowest BCUT2D eigenvalue weighted by Crippen LogP contribution is -2.28. The van der Waals surface area contributed by atoms with E-state index in [1.807, 2.05) is 37.3 Å². The van der Waals surface area contributed by atoms with Gasteiger partial charge in [-0.1, -0.05) is 48.0 Å². The summed E-state index contributed by atoms with van der Waals surface area (Å²) in [4.78, 5) is 38.0. The molecule has 3 rings (SSSR count). The first-order valence-electron chi connectivity index (χ1n) is 8.96. The van der Waals surface area contributed by atoms with Crippen LogP contribution in [-0.2, 0) is 25.7 Å². The van der Waals surface area contributed by atoms with Gasteiger partial charge in [0.1, 0.15) is 0 Å². The number of halogens is 1. The zero-order chi connectivity index (χ0) is 20.1. The fourth-order valence-electron chi connectivity index (χ4n) is 3.01. The maximum absolute atomic E-state index is 12.2. The number of hydrogen-bond donors (Lipinski definition) is 1. The van der Waals surface area contributed by atoms with Gasteiger partial charge in [-0.25, -0.2) is 0 Å². The first kappa shape index (κ1) is 19.9. The number of hydrogen-bond acceptors (Lipinski definition) is 4. The van der Waals surface area contributed by atoms with E-state index in [1.54, 1.807) is 23.1 Å². The topological polar surface area (TPSA) is 75.7 Å². The van der Waals surface area contributed by atoms with E-state index in [0.717, 1.165) is 11.1 Å². The highest BCUT2D eigenvalue weighted by atomic mass is 35.5. The molecule has 1 saturated heterocycles. The number of ether oxygens (including phenoxy) is 1. The van der Waals surface area contributed by atoms with Crippen LogP contribution in [0.3, 0.4) is 0 Å². The molecule has 146 valence electrons. The predicted octanol–water partition coefficient (Wildman–Crippen LogP) is 3.18. The van der Waals surface area contributed by atoms with Crippen molar-refractivity contribution in [3.63, 3.8) is 0 Å². The highest BCUT2D eigenvalue weighted by Crippen LogP contribution is 2.22. The second-order valence-corrected chi connectivity index (χ2v) is 7.19. The minimum Gasteiger partial charge on any atom is -0.455 e. The number of benzene rings is 2. The van der Waals surface area contributed by atoms with Crippen LogP contribution in [0.5, 0.6) is 0 Å². The highest BCUT2D eigenvalue weighted by Gasteiger charge is 2.35. The first-order valence-corrected chi connectivity index (χ1v) is 9.34. The van der Waals surface area contributed by atoms with Crippen molar-refractivity contribution in [3.8, 4) is 0 Å². The monoisotopic (exact) mass is 400 g/mol. The number of nitrogens with one attached hydrogen (secondary N) is 1. The van der Waals surface area contributed by atoms with Crippen molar-refractivity contribution in [1.29, 1.82) is 0 Å². The molecule has 2 amide bonds. The average Bonchev–Trinajstić information content (AvgIpc) is 3.04. The fraction of sp³-hybridized carbons (Fsp3) is 0.286. The standard InChI is InChI=1S/C21H21ClN2O4/c1-14-7-8-17(10-18(14)22)23-19(25)13-28-21(27)16-9-20(26)24(12-16)11-15-5-3-2-4-6-15/h2-8,10,16H,9,11-13H2,1H3,(H,23,25)/t16-/m0/s1. The predicted molar refractivity (Wildman–Crippen MR) is 106 cm³/mol. The number of carbonyl (C=O) groups excluding carboxylic acids is 3. The summed E-state index contributed by atoms with van der Waals surface area (Å²) in [5, 5.41) is 3.17. The van der Waals surface area contributed by atoms with Gasteiger partial charge in [0.15, 0.2) is 6.61 Å². The summed E-state index contributed by atoms with van der Waals surface area (Å²) < 4.78 is 5.10. The maximum Gasteiger partial charge on any atom is 0.311 e. The lowest BCUT2D eigenvalue weighted by Gasteiger charge is -2.16. The molecule has 0 aliphatic carbocycles. The third-order valence-electron chi connectivity index (χ3n) is 4.57. The molecule has 0 aromatic heterocycles. The molecular weight excluding hydrogens is 380 g/mol. The molecule has 1 aliphatic rings. The van der Waals surface area contributed by atoms with E-state index in [0.29, 0.717) is 23.8 Å². The fourth-order valence-corrected chi connectivity index (χ4v) is 3.19. The number of anilines is 1. The van der Waals surface area contributed by atoms with E-state index >= 15 is 0 Å². The van der Waals surface area contributed by atoms with Crippen LogP contribution in [0.25, 0.3) is 0 Å². The second-order valence-electron chi connectivity index (χ2n) is 6.78. The number of aryl methyl sites for hydroxylation is 1. The summed E-state index contributed by atoms with van der Waals surface area (Å²) in [6.07, 6.45) is 0.0981. The Bertz CT molecular complexity index is 885. The van der Waals surface area contributed by atoms with Crippen LogP contribution in [0.15, 0.2) is 48.5 Å². The second kappa shape index (κ2) is 8.89. The van der Waals surface area contributed by atoms with E-state index in [-0.39, 0.29) is 12.3 Å². The van der Waals surface area contributed by atoms with Crippen LogP contribution < -0.4 is 5.32 Å². The summed E-state index contributed by atoms with van der Waals surface area (Å²) >= 11 is 6.02. The van der Waals surface area contributed by atoms with Crippen LogP contribution in [-0.4, -0.2) is 35.8 Å². The number of carbonyl (C=O) groups is 3. The van der Waals surface area contributed by atoms with E-state index in [2.05, 4.69) is 5.32 Å². The highest BCUT2D eigenvalue weighted by molar-refractivity contribution is 6.31. The van der Waals surface area contributed by atoms with Crippen LogP contribution >= 0.6 is 11.6 Å². The van der Waals surface area contributed by atoms with Gasteiger partial charge in [0.2, 0.25) is 5.91 Å². The van der Waals surface area contributed by atoms with Crippen molar-refractivity contribution >= 4 is 35.1 Å². The Balaban J connectivity index is 1.47. The van der Waals surface area contributed by atoms with Crippen LogP contribution in [0.2, 0.25) is 5.02 Å². The van der Waals surface area contributed by atoms with Crippen LogP contribution in [0.1, 0.15) is 17.5 Å². The minimum atomic E-state index is -0.558. The molecule has 0 unspecified atom stereocenters. The van der Waals surface area contributed by atoms with Gasteiger partial charge in [-0.3, -0.25) is 14.4 Å². The quantitative estimate of drug-likeness (QED) is 0.755. The van der Waals surface area contributed by atoms with E-state index < -0.39 is 24.4 Å². The molecule has 2 aromatic rings. The number of esters is 1. The molecular formula is C21H21ClN2O4. The molecule has 0 spiro atoms. The van der Waals surface area contributed by atoms with Gasteiger partial charge in [-0.15, -0.1) is 0 Å². The Labute approximate surface area is 168 Å². The third-order valence-corrected chi connectivity index (χ3v) is 4.97. The molecule has 2 aromatic carbocycles.